The van der Waals surface area contributed by atoms with Gasteiger partial charge in [-0.05, 0) is 56.2 Å². The van der Waals surface area contributed by atoms with Gasteiger partial charge < -0.3 is 20.5 Å². The Morgan fingerprint density at radius 3 is 2.52 bits per heavy atom. The van der Waals surface area contributed by atoms with Crippen molar-refractivity contribution in [1.82, 2.24) is 4.90 Å². The maximum absolute atomic E-state index is 12.9. The van der Waals surface area contributed by atoms with Crippen molar-refractivity contribution in [2.75, 3.05) is 24.6 Å². The van der Waals surface area contributed by atoms with E-state index in [0.29, 0.717) is 12.2 Å². The number of benzene rings is 1. The van der Waals surface area contributed by atoms with Gasteiger partial charge in [0.2, 0.25) is 5.91 Å². The normalized spacial score (nSPS) is 18.1. The Hall–Kier alpha value is -2.74. The van der Waals surface area contributed by atoms with E-state index >= 15 is 0 Å². The Kier molecular flexibility index (Phi) is 6.64. The van der Waals surface area contributed by atoms with Crippen molar-refractivity contribution >= 4 is 29.7 Å². The molecule has 3 rings (SSSR count). The van der Waals surface area contributed by atoms with E-state index in [-0.39, 0.29) is 30.6 Å². The molecule has 0 aromatic heterocycles. The first kappa shape index (κ1) is 21.0. The van der Waals surface area contributed by atoms with Crippen molar-refractivity contribution in [2.45, 2.75) is 44.6 Å². The van der Waals surface area contributed by atoms with Crippen molar-refractivity contribution in [1.29, 1.82) is 0 Å². The molecular weight excluding hydrogens is 374 g/mol. The fourth-order valence-corrected chi connectivity index (χ4v) is 4.21. The van der Waals surface area contributed by atoms with Gasteiger partial charge in [-0.2, -0.15) is 0 Å². The topological polar surface area (TPSA) is 121 Å². The smallest absolute Gasteiger partial charge is 0.262 e. The second kappa shape index (κ2) is 9.17. The number of aldehydes is 1. The summed E-state index contributed by atoms with van der Waals surface area (Å²) in [5.41, 5.74) is 6.79. The Balaban J connectivity index is 1.76. The van der Waals surface area contributed by atoms with Crippen LogP contribution in [-0.2, 0) is 9.59 Å². The molecule has 1 aromatic rings. The zero-order chi connectivity index (χ0) is 21.0. The molecule has 2 aliphatic heterocycles. The van der Waals surface area contributed by atoms with Crippen LogP contribution in [0.1, 0.15) is 59.2 Å². The molecular formula is C21H27N3O5. The van der Waals surface area contributed by atoms with Crippen LogP contribution in [0.4, 0.5) is 5.69 Å². The van der Waals surface area contributed by atoms with Crippen LogP contribution in [0.2, 0.25) is 0 Å². The third-order valence-corrected chi connectivity index (χ3v) is 5.85. The standard InChI is InChI=1S/C21H27N3O5/c22-19(27)18(4-2-12-26)24-20(28)16-6-5-15(13-17(16)21(24)29)23-9-7-14(8-10-23)3-1-11-25/h5-6,12-14,18,25H,1-4,7-11H2,(H2,22,27). The highest BCUT2D eigenvalue weighted by Gasteiger charge is 2.42. The third-order valence-electron chi connectivity index (χ3n) is 5.85. The molecule has 0 saturated carbocycles. The summed E-state index contributed by atoms with van der Waals surface area (Å²) in [6, 6.07) is 4.03. The molecule has 1 aromatic carbocycles. The molecule has 1 atom stereocenters. The number of carbonyl (C=O) groups is 4. The number of carbonyl (C=O) groups excluding carboxylic acids is 4. The number of amides is 3. The number of hydrogen-bond acceptors (Lipinski definition) is 6. The quantitative estimate of drug-likeness (QED) is 0.472. The van der Waals surface area contributed by atoms with Gasteiger partial charge in [0.15, 0.2) is 0 Å². The van der Waals surface area contributed by atoms with Crippen LogP contribution in [0.5, 0.6) is 0 Å². The first-order chi connectivity index (χ1) is 14.0. The largest absolute Gasteiger partial charge is 0.396 e. The molecule has 156 valence electrons. The maximum atomic E-state index is 12.9. The van der Waals surface area contributed by atoms with E-state index in [9.17, 15) is 19.2 Å². The van der Waals surface area contributed by atoms with Crippen molar-refractivity contribution in [3.05, 3.63) is 29.3 Å². The minimum atomic E-state index is -1.13. The highest BCUT2D eigenvalue weighted by atomic mass is 16.3. The summed E-state index contributed by atoms with van der Waals surface area (Å²) in [6.45, 7) is 1.92. The number of aliphatic hydroxyl groups is 1. The highest BCUT2D eigenvalue weighted by molar-refractivity contribution is 6.23. The van der Waals surface area contributed by atoms with Crippen molar-refractivity contribution in [3.63, 3.8) is 0 Å². The van der Waals surface area contributed by atoms with Gasteiger partial charge in [0.1, 0.15) is 12.3 Å². The molecule has 0 spiro atoms. The number of hydrogen-bond donors (Lipinski definition) is 2. The number of primary amides is 1. The van der Waals surface area contributed by atoms with Crippen LogP contribution in [-0.4, -0.2) is 59.8 Å². The first-order valence-corrected chi connectivity index (χ1v) is 10.1. The molecule has 2 aliphatic rings. The van der Waals surface area contributed by atoms with E-state index in [1.807, 2.05) is 6.07 Å². The molecule has 1 saturated heterocycles. The van der Waals surface area contributed by atoms with Crippen LogP contribution < -0.4 is 10.6 Å². The SMILES string of the molecule is NC(=O)C(CCC=O)N1C(=O)c2ccc(N3CCC(CCCO)CC3)cc2C1=O. The monoisotopic (exact) mass is 401 g/mol. The Morgan fingerprint density at radius 2 is 1.90 bits per heavy atom. The molecule has 8 nitrogen and oxygen atoms in total. The van der Waals surface area contributed by atoms with Gasteiger partial charge in [-0.15, -0.1) is 0 Å². The van der Waals surface area contributed by atoms with E-state index in [0.717, 1.165) is 49.4 Å². The lowest BCUT2D eigenvalue weighted by molar-refractivity contribution is -0.122. The summed E-state index contributed by atoms with van der Waals surface area (Å²) in [4.78, 5) is 51.2. The second-order valence-electron chi connectivity index (χ2n) is 7.67. The molecule has 29 heavy (non-hydrogen) atoms. The lowest BCUT2D eigenvalue weighted by Crippen LogP contribution is -2.47. The van der Waals surface area contributed by atoms with E-state index in [1.165, 1.54) is 0 Å². The lowest BCUT2D eigenvalue weighted by Gasteiger charge is -2.33. The Bertz CT molecular complexity index is 802. The van der Waals surface area contributed by atoms with Gasteiger partial charge in [-0.3, -0.25) is 19.3 Å². The van der Waals surface area contributed by atoms with E-state index < -0.39 is 23.8 Å². The van der Waals surface area contributed by atoms with Crippen LogP contribution in [0.25, 0.3) is 0 Å². The molecule has 0 radical (unpaired) electrons. The average molecular weight is 401 g/mol. The molecule has 3 N–H and O–H groups in total. The zero-order valence-electron chi connectivity index (χ0n) is 16.4. The van der Waals surface area contributed by atoms with Gasteiger partial charge in [-0.1, -0.05) is 0 Å². The molecule has 8 heteroatoms. The molecule has 2 heterocycles. The van der Waals surface area contributed by atoms with Gasteiger partial charge in [-0.25, -0.2) is 0 Å². The summed E-state index contributed by atoms with van der Waals surface area (Å²) in [7, 11) is 0. The number of nitrogens with two attached hydrogens (primary N) is 1. The highest BCUT2D eigenvalue weighted by Crippen LogP contribution is 2.32. The molecule has 3 amide bonds. The lowest BCUT2D eigenvalue weighted by atomic mass is 9.92. The molecule has 0 aliphatic carbocycles. The van der Waals surface area contributed by atoms with Crippen LogP contribution >= 0.6 is 0 Å². The Morgan fingerprint density at radius 1 is 1.21 bits per heavy atom. The number of nitrogens with zero attached hydrogens (tertiary/aromatic N) is 2. The summed E-state index contributed by atoms with van der Waals surface area (Å²) >= 11 is 0. The molecule has 1 unspecified atom stereocenters. The van der Waals surface area contributed by atoms with Gasteiger partial charge in [0.25, 0.3) is 11.8 Å². The predicted octanol–water partition coefficient (Wildman–Crippen LogP) is 1.10. The fraction of sp³-hybridized carbons (Fsp3) is 0.524. The number of aliphatic hydroxyl groups excluding tert-OH is 1. The summed E-state index contributed by atoms with van der Waals surface area (Å²) < 4.78 is 0. The minimum Gasteiger partial charge on any atom is -0.396 e. The number of fused-ring (bicyclic) bond motifs is 1. The average Bonchev–Trinajstić information content (AvgIpc) is 2.97. The van der Waals surface area contributed by atoms with E-state index in [1.54, 1.807) is 12.1 Å². The molecule has 0 bridgehead atoms. The van der Waals surface area contributed by atoms with Crippen LogP contribution in [0.15, 0.2) is 18.2 Å². The number of imide groups is 1. The predicted molar refractivity (Wildman–Crippen MR) is 106 cm³/mol. The zero-order valence-corrected chi connectivity index (χ0v) is 16.4. The van der Waals surface area contributed by atoms with Crippen molar-refractivity contribution in [2.24, 2.45) is 11.7 Å². The first-order valence-electron chi connectivity index (χ1n) is 10.1. The summed E-state index contributed by atoms with van der Waals surface area (Å²) in [6.07, 6.45) is 4.58. The van der Waals surface area contributed by atoms with E-state index in [2.05, 4.69) is 4.90 Å². The maximum Gasteiger partial charge on any atom is 0.262 e. The second-order valence-corrected chi connectivity index (χ2v) is 7.67. The number of anilines is 1. The van der Waals surface area contributed by atoms with Gasteiger partial charge >= 0.3 is 0 Å². The molecule has 1 fully saturated rings. The minimum absolute atomic E-state index is 0.0263. The number of piperidine rings is 1. The van der Waals surface area contributed by atoms with Crippen molar-refractivity contribution < 1.29 is 24.3 Å². The van der Waals surface area contributed by atoms with Gasteiger partial charge in [0, 0.05) is 31.8 Å². The van der Waals surface area contributed by atoms with Crippen LogP contribution in [0, 0.1) is 5.92 Å². The van der Waals surface area contributed by atoms with Crippen LogP contribution in [0.3, 0.4) is 0 Å². The summed E-state index contributed by atoms with van der Waals surface area (Å²) in [5.74, 6) is -1.29. The van der Waals surface area contributed by atoms with Gasteiger partial charge in [0.05, 0.1) is 11.1 Å². The fourth-order valence-electron chi connectivity index (χ4n) is 4.21. The van der Waals surface area contributed by atoms with Crippen molar-refractivity contribution in [3.8, 4) is 0 Å². The Labute approximate surface area is 169 Å². The van der Waals surface area contributed by atoms with E-state index in [4.69, 9.17) is 10.8 Å². The third kappa shape index (κ3) is 4.32. The summed E-state index contributed by atoms with van der Waals surface area (Å²) in [5, 5.41) is 8.99. The number of rotatable bonds is 9.